The van der Waals surface area contributed by atoms with Crippen molar-refractivity contribution in [2.24, 2.45) is 10.4 Å². The normalized spacial score (nSPS) is 9.50. The fourth-order valence-corrected chi connectivity index (χ4v) is 0.993. The fourth-order valence-electron chi connectivity index (χ4n) is 0.993. The first-order valence-electron chi connectivity index (χ1n) is 3.64. The first-order chi connectivity index (χ1) is 7.51. The monoisotopic (exact) mass is 226 g/mol. The van der Waals surface area contributed by atoms with Crippen LogP contribution in [0.3, 0.4) is 0 Å². The van der Waals surface area contributed by atoms with Gasteiger partial charge in [-0.3, -0.25) is 20.2 Å². The van der Waals surface area contributed by atoms with Crippen LogP contribution < -0.4 is 0 Å². The van der Waals surface area contributed by atoms with E-state index in [1.807, 2.05) is 0 Å². The Kier molecular flexibility index (Phi) is 2.94. The predicted molar refractivity (Wildman–Crippen MR) is 50.7 cm³/mol. The van der Waals surface area contributed by atoms with E-state index >= 15 is 0 Å². The van der Waals surface area contributed by atoms with E-state index in [2.05, 4.69) is 10.4 Å². The van der Waals surface area contributed by atoms with E-state index in [0.717, 1.165) is 0 Å². The van der Waals surface area contributed by atoms with Gasteiger partial charge >= 0.3 is 11.4 Å². The number of hydrogen-bond donors (Lipinski definition) is 0. The molecule has 0 aliphatic carbocycles. The van der Waals surface area contributed by atoms with Crippen molar-refractivity contribution >= 4 is 22.7 Å². The minimum absolute atomic E-state index is 0.466. The van der Waals surface area contributed by atoms with Crippen LogP contribution in [0, 0.1) is 30.0 Å². The lowest BCUT2D eigenvalue weighted by atomic mass is 10.2. The molecule has 0 aliphatic heterocycles. The van der Waals surface area contributed by atoms with Crippen LogP contribution in [-0.4, -0.2) is 9.85 Å². The molecule has 0 N–H and O–H groups in total. The highest BCUT2D eigenvalue weighted by atomic mass is 16.6. The van der Waals surface area contributed by atoms with Crippen molar-refractivity contribution in [1.29, 1.82) is 0 Å². The van der Waals surface area contributed by atoms with Gasteiger partial charge in [0.15, 0.2) is 11.4 Å². The van der Waals surface area contributed by atoms with E-state index in [1.165, 1.54) is 0 Å². The summed E-state index contributed by atoms with van der Waals surface area (Å²) in [6, 6.07) is 1.06. The third-order valence-corrected chi connectivity index (χ3v) is 1.66. The Bertz CT molecular complexity index is 457. The summed E-state index contributed by atoms with van der Waals surface area (Å²) in [5.74, 6) is 0. The fraction of sp³-hybridized carbons (Fsp3) is 0. The van der Waals surface area contributed by atoms with Gasteiger partial charge in [-0.2, -0.15) is 0 Å². The van der Waals surface area contributed by atoms with Gasteiger partial charge in [-0.15, -0.1) is 9.81 Å². The number of nitrogens with zero attached hydrogens (tertiary/aromatic N) is 4. The Balaban J connectivity index is 3.59. The Morgan fingerprint density at radius 1 is 0.875 bits per heavy atom. The van der Waals surface area contributed by atoms with Crippen LogP contribution in [0.25, 0.3) is 0 Å². The van der Waals surface area contributed by atoms with E-state index in [4.69, 9.17) is 0 Å². The summed E-state index contributed by atoms with van der Waals surface area (Å²) in [7, 11) is 0. The molecular formula is C6H2N4O6. The van der Waals surface area contributed by atoms with Crippen LogP contribution in [0.2, 0.25) is 0 Å². The number of nitro benzene ring substituents is 2. The summed E-state index contributed by atoms with van der Waals surface area (Å²) in [4.78, 5) is 39.3. The van der Waals surface area contributed by atoms with Crippen molar-refractivity contribution < 1.29 is 9.85 Å². The smallest absolute Gasteiger partial charge is 0.258 e. The number of rotatable bonds is 4. The van der Waals surface area contributed by atoms with Gasteiger partial charge in [-0.05, 0) is 10.4 Å². The molecule has 1 aromatic rings. The van der Waals surface area contributed by atoms with E-state index in [0.29, 0.717) is 12.1 Å². The summed E-state index contributed by atoms with van der Waals surface area (Å²) in [6.07, 6.45) is 0. The van der Waals surface area contributed by atoms with Gasteiger partial charge in [-0.25, -0.2) is 0 Å². The van der Waals surface area contributed by atoms with Crippen LogP contribution in [0.5, 0.6) is 0 Å². The molecule has 82 valence electrons. The second kappa shape index (κ2) is 4.16. The highest BCUT2D eigenvalue weighted by Gasteiger charge is 2.25. The lowest BCUT2D eigenvalue weighted by Gasteiger charge is -1.96. The molecule has 10 nitrogen and oxygen atoms in total. The molecule has 0 heterocycles. The molecule has 16 heavy (non-hydrogen) atoms. The van der Waals surface area contributed by atoms with Crippen molar-refractivity contribution in [3.8, 4) is 0 Å². The minimum Gasteiger partial charge on any atom is -0.258 e. The molecule has 0 bridgehead atoms. The zero-order valence-corrected chi connectivity index (χ0v) is 7.39. The number of benzene rings is 1. The van der Waals surface area contributed by atoms with Crippen LogP contribution in [-0.2, 0) is 0 Å². The largest absolute Gasteiger partial charge is 0.305 e. The molecule has 1 aromatic carbocycles. The zero-order valence-electron chi connectivity index (χ0n) is 7.39. The summed E-state index contributed by atoms with van der Waals surface area (Å²) >= 11 is 0. The van der Waals surface area contributed by atoms with E-state index in [-0.39, 0.29) is 0 Å². The SMILES string of the molecule is O=Nc1cc(N=O)c([N+](=O)[O-])cc1[N+](=O)[O-]. The summed E-state index contributed by atoms with van der Waals surface area (Å²) in [5, 5.41) is 25.4. The molecule has 0 aromatic heterocycles. The number of nitroso groups, excluding NO2 is 2. The molecule has 0 radical (unpaired) electrons. The summed E-state index contributed by atoms with van der Waals surface area (Å²) < 4.78 is 0. The average molecular weight is 226 g/mol. The minimum atomic E-state index is -1.02. The maximum Gasteiger partial charge on any atom is 0.305 e. The van der Waals surface area contributed by atoms with Crippen molar-refractivity contribution in [3.63, 3.8) is 0 Å². The van der Waals surface area contributed by atoms with E-state index < -0.39 is 32.6 Å². The van der Waals surface area contributed by atoms with Gasteiger partial charge in [0.25, 0.3) is 0 Å². The lowest BCUT2D eigenvalue weighted by molar-refractivity contribution is -0.393. The van der Waals surface area contributed by atoms with Crippen LogP contribution in [0.15, 0.2) is 22.5 Å². The molecule has 0 fully saturated rings. The number of nitro groups is 2. The van der Waals surface area contributed by atoms with Gasteiger partial charge in [0.1, 0.15) is 0 Å². The standard InChI is InChI=1S/C6H2N4O6/c11-7-3-1-4(8-12)6(10(15)16)2-5(3)9(13)14/h1-2H. The topological polar surface area (TPSA) is 145 Å². The first kappa shape index (κ1) is 11.3. The third-order valence-electron chi connectivity index (χ3n) is 1.66. The van der Waals surface area contributed by atoms with Crippen molar-refractivity contribution in [3.05, 3.63) is 42.2 Å². The Labute approximate surface area is 86.1 Å². The molecule has 1 rings (SSSR count). The molecular weight excluding hydrogens is 224 g/mol. The summed E-state index contributed by atoms with van der Waals surface area (Å²) in [5.41, 5.74) is -3.08. The highest BCUT2D eigenvalue weighted by molar-refractivity contribution is 5.72. The van der Waals surface area contributed by atoms with Crippen molar-refractivity contribution in [1.82, 2.24) is 0 Å². The maximum absolute atomic E-state index is 10.4. The van der Waals surface area contributed by atoms with Gasteiger partial charge in [0, 0.05) is 6.07 Å². The summed E-state index contributed by atoms with van der Waals surface area (Å²) in [6.45, 7) is 0. The van der Waals surface area contributed by atoms with E-state index in [9.17, 15) is 30.0 Å². The molecule has 0 spiro atoms. The Hall–Kier alpha value is -2.78. The third kappa shape index (κ3) is 1.84. The van der Waals surface area contributed by atoms with Crippen LogP contribution in [0.4, 0.5) is 22.7 Å². The highest BCUT2D eigenvalue weighted by Crippen LogP contribution is 2.38. The average Bonchev–Trinajstić information content (AvgIpc) is 2.26. The van der Waals surface area contributed by atoms with E-state index in [1.54, 1.807) is 0 Å². The Morgan fingerprint density at radius 3 is 1.50 bits per heavy atom. The molecule has 0 atom stereocenters. The molecule has 0 saturated heterocycles. The first-order valence-corrected chi connectivity index (χ1v) is 3.64. The molecule has 0 amide bonds. The van der Waals surface area contributed by atoms with Gasteiger partial charge in [0.05, 0.1) is 15.9 Å². The quantitative estimate of drug-likeness (QED) is 0.437. The van der Waals surface area contributed by atoms with Gasteiger partial charge in [-0.1, -0.05) is 0 Å². The van der Waals surface area contributed by atoms with Crippen LogP contribution >= 0.6 is 0 Å². The molecule has 0 saturated carbocycles. The molecule has 0 aliphatic rings. The Morgan fingerprint density at radius 2 is 1.25 bits per heavy atom. The molecule has 0 unspecified atom stereocenters. The zero-order chi connectivity index (χ0) is 12.3. The van der Waals surface area contributed by atoms with Crippen molar-refractivity contribution in [2.75, 3.05) is 0 Å². The molecule has 10 heteroatoms. The maximum atomic E-state index is 10.4. The van der Waals surface area contributed by atoms with Gasteiger partial charge in [0.2, 0.25) is 0 Å². The second-order valence-electron chi connectivity index (χ2n) is 2.53. The van der Waals surface area contributed by atoms with Crippen LogP contribution in [0.1, 0.15) is 0 Å². The lowest BCUT2D eigenvalue weighted by Crippen LogP contribution is -1.93. The predicted octanol–water partition coefficient (Wildman–Crippen LogP) is 2.30. The second-order valence-corrected chi connectivity index (χ2v) is 2.53. The van der Waals surface area contributed by atoms with Crippen molar-refractivity contribution in [2.45, 2.75) is 0 Å². The van der Waals surface area contributed by atoms with Gasteiger partial charge < -0.3 is 0 Å². The number of hydrogen-bond acceptors (Lipinski definition) is 8.